The Balaban J connectivity index is 2.91. The molecule has 2 rings (SSSR count). The van der Waals surface area contributed by atoms with Crippen LogP contribution in [0.5, 0.6) is 0 Å². The summed E-state index contributed by atoms with van der Waals surface area (Å²) in [5.74, 6) is 0.531. The van der Waals surface area contributed by atoms with Crippen LogP contribution in [0.3, 0.4) is 0 Å². The Morgan fingerprint density at radius 1 is 1.27 bits per heavy atom. The summed E-state index contributed by atoms with van der Waals surface area (Å²) in [4.78, 5) is 7.69. The van der Waals surface area contributed by atoms with E-state index in [4.69, 9.17) is 11.5 Å². The normalized spacial score (nSPS) is 10.5. The van der Waals surface area contributed by atoms with Crippen LogP contribution in [-0.4, -0.2) is 14.3 Å². The average Bonchev–Trinajstić information content (AvgIpc) is 2.34. The Kier molecular flexibility index (Phi) is 1.16. The third-order valence-corrected chi connectivity index (χ3v) is 1.88. The number of rotatable bonds is 0. The number of hydrogen-bond acceptors (Lipinski definition) is 6. The van der Waals surface area contributed by atoms with Gasteiger partial charge in [-0.25, -0.2) is 4.98 Å². The fraction of sp³-hybridized carbons (Fsp3) is 0. The summed E-state index contributed by atoms with van der Waals surface area (Å²) in [6, 6.07) is 0. The molecule has 0 unspecified atom stereocenters. The molecule has 0 saturated heterocycles. The molecule has 6 heteroatoms. The lowest BCUT2D eigenvalue weighted by Gasteiger charge is -1.93. The summed E-state index contributed by atoms with van der Waals surface area (Å²) < 4.78 is 4.00. The van der Waals surface area contributed by atoms with Crippen LogP contribution < -0.4 is 11.5 Å². The number of nitrogen functional groups attached to an aromatic ring is 2. The highest BCUT2D eigenvalue weighted by molar-refractivity contribution is 7.04. The van der Waals surface area contributed by atoms with E-state index in [0.717, 1.165) is 0 Å². The van der Waals surface area contributed by atoms with E-state index in [1.807, 2.05) is 0 Å². The van der Waals surface area contributed by atoms with Gasteiger partial charge in [0, 0.05) is 5.38 Å². The first kappa shape index (κ1) is 6.29. The molecule has 0 aliphatic heterocycles. The van der Waals surface area contributed by atoms with Gasteiger partial charge in [-0.3, -0.25) is 0 Å². The van der Waals surface area contributed by atoms with Crippen LogP contribution in [0.2, 0.25) is 0 Å². The lowest BCUT2D eigenvalue weighted by molar-refractivity contribution is 1.24. The van der Waals surface area contributed by atoms with Gasteiger partial charge in [-0.15, -0.1) is 0 Å². The van der Waals surface area contributed by atoms with Gasteiger partial charge in [-0.05, 0) is 11.5 Å². The van der Waals surface area contributed by atoms with E-state index in [0.29, 0.717) is 16.9 Å². The minimum Gasteiger partial charge on any atom is -0.382 e. The predicted octanol–water partition coefficient (Wildman–Crippen LogP) is 0.251. The van der Waals surface area contributed by atoms with Gasteiger partial charge in [-0.2, -0.15) is 9.36 Å². The second-order valence-electron chi connectivity index (χ2n) is 2.02. The van der Waals surface area contributed by atoms with Crippen LogP contribution in [0.25, 0.3) is 11.0 Å². The van der Waals surface area contributed by atoms with E-state index < -0.39 is 0 Å². The van der Waals surface area contributed by atoms with E-state index in [1.165, 1.54) is 11.5 Å². The Hall–Kier alpha value is -1.43. The number of nitrogens with two attached hydrogens (primary N) is 2. The first-order valence-corrected chi connectivity index (χ1v) is 3.74. The molecular weight excluding hydrogens is 162 g/mol. The van der Waals surface area contributed by atoms with E-state index in [1.54, 1.807) is 5.38 Å². The fourth-order valence-corrected chi connectivity index (χ4v) is 1.42. The molecule has 11 heavy (non-hydrogen) atoms. The van der Waals surface area contributed by atoms with Gasteiger partial charge < -0.3 is 11.5 Å². The number of fused-ring (bicyclic) bond motifs is 1. The summed E-state index contributed by atoms with van der Waals surface area (Å²) in [6.07, 6.45) is 0. The first-order chi connectivity index (χ1) is 5.27. The lowest BCUT2D eigenvalue weighted by Crippen LogP contribution is -1.99. The van der Waals surface area contributed by atoms with Crippen LogP contribution in [0.1, 0.15) is 0 Å². The van der Waals surface area contributed by atoms with Crippen molar-refractivity contribution in [2.45, 2.75) is 0 Å². The molecule has 56 valence electrons. The molecule has 2 aromatic heterocycles. The van der Waals surface area contributed by atoms with Crippen molar-refractivity contribution in [1.29, 1.82) is 0 Å². The van der Waals surface area contributed by atoms with Gasteiger partial charge in [0.15, 0.2) is 5.82 Å². The topological polar surface area (TPSA) is 90.7 Å². The molecule has 0 amide bonds. The predicted molar refractivity (Wildman–Crippen MR) is 44.0 cm³/mol. The van der Waals surface area contributed by atoms with Crippen molar-refractivity contribution in [3.63, 3.8) is 0 Å². The zero-order valence-corrected chi connectivity index (χ0v) is 6.30. The quantitative estimate of drug-likeness (QED) is 0.587. The second-order valence-corrected chi connectivity index (χ2v) is 2.64. The third kappa shape index (κ3) is 0.874. The van der Waals surface area contributed by atoms with Crippen LogP contribution >= 0.6 is 11.5 Å². The maximum absolute atomic E-state index is 5.51. The highest BCUT2D eigenvalue weighted by Gasteiger charge is 2.03. The maximum atomic E-state index is 5.51. The third-order valence-electron chi connectivity index (χ3n) is 1.26. The largest absolute Gasteiger partial charge is 0.382 e. The first-order valence-electron chi connectivity index (χ1n) is 2.90. The van der Waals surface area contributed by atoms with E-state index in [2.05, 4.69) is 14.3 Å². The molecule has 2 aromatic rings. The highest BCUT2D eigenvalue weighted by atomic mass is 32.1. The number of nitrogens with zero attached hydrogens (tertiary/aromatic N) is 3. The number of aromatic nitrogens is 3. The highest BCUT2D eigenvalue weighted by Crippen LogP contribution is 2.17. The maximum Gasteiger partial charge on any atom is 0.222 e. The molecule has 0 aromatic carbocycles. The minimum absolute atomic E-state index is 0.190. The average molecular weight is 167 g/mol. The van der Waals surface area contributed by atoms with Crippen LogP contribution in [-0.2, 0) is 0 Å². The number of hydrogen-bond donors (Lipinski definition) is 2. The van der Waals surface area contributed by atoms with Gasteiger partial charge in [0.2, 0.25) is 5.95 Å². The molecule has 0 bridgehead atoms. The van der Waals surface area contributed by atoms with E-state index >= 15 is 0 Å². The fourth-order valence-electron chi connectivity index (χ4n) is 0.814. The van der Waals surface area contributed by atoms with Crippen molar-refractivity contribution in [1.82, 2.24) is 14.3 Å². The monoisotopic (exact) mass is 167 g/mol. The van der Waals surface area contributed by atoms with Crippen molar-refractivity contribution in [2.75, 3.05) is 11.5 Å². The molecule has 0 saturated carbocycles. The van der Waals surface area contributed by atoms with Crippen molar-refractivity contribution < 1.29 is 0 Å². The van der Waals surface area contributed by atoms with Crippen molar-refractivity contribution in [3.05, 3.63) is 5.38 Å². The number of anilines is 2. The molecule has 0 radical (unpaired) electrons. The Labute approximate surface area is 66.2 Å². The smallest absolute Gasteiger partial charge is 0.222 e. The Morgan fingerprint density at radius 3 is 2.91 bits per heavy atom. The summed E-state index contributed by atoms with van der Waals surface area (Å²) in [5, 5.41) is 1.78. The Bertz CT molecular complexity index is 395. The molecule has 0 fully saturated rings. The molecule has 0 aliphatic carbocycles. The van der Waals surface area contributed by atoms with Gasteiger partial charge >= 0.3 is 0 Å². The molecule has 0 atom stereocenters. The van der Waals surface area contributed by atoms with Crippen molar-refractivity contribution >= 4 is 34.3 Å². The second kappa shape index (κ2) is 2.03. The molecule has 2 heterocycles. The van der Waals surface area contributed by atoms with Crippen LogP contribution in [0.4, 0.5) is 11.8 Å². The van der Waals surface area contributed by atoms with Crippen LogP contribution in [0.15, 0.2) is 5.38 Å². The molecule has 0 spiro atoms. The van der Waals surface area contributed by atoms with Gasteiger partial charge in [0.25, 0.3) is 0 Å². The summed E-state index contributed by atoms with van der Waals surface area (Å²) >= 11 is 1.29. The SMILES string of the molecule is Nc1nc(N)c2nscc2n1. The van der Waals surface area contributed by atoms with Crippen LogP contribution in [0, 0.1) is 0 Å². The minimum atomic E-state index is 0.190. The molecule has 4 N–H and O–H groups in total. The van der Waals surface area contributed by atoms with Crippen molar-refractivity contribution in [3.8, 4) is 0 Å². The molecular formula is C5H5N5S. The zero-order chi connectivity index (χ0) is 7.84. The summed E-state index contributed by atoms with van der Waals surface area (Å²) in [6.45, 7) is 0. The summed E-state index contributed by atoms with van der Waals surface area (Å²) in [7, 11) is 0. The lowest BCUT2D eigenvalue weighted by atomic mass is 10.4. The van der Waals surface area contributed by atoms with Gasteiger partial charge in [0.05, 0.1) is 0 Å². The molecule has 5 nitrogen and oxygen atoms in total. The van der Waals surface area contributed by atoms with E-state index in [-0.39, 0.29) is 5.95 Å². The standard InChI is InChI=1S/C5H5N5S/c6-4-3-2(1-11-10-3)8-5(7)9-4/h1H,(H4,6,7,8,9). The zero-order valence-electron chi connectivity index (χ0n) is 5.48. The van der Waals surface area contributed by atoms with Gasteiger partial charge in [0.1, 0.15) is 11.0 Å². The van der Waals surface area contributed by atoms with E-state index in [9.17, 15) is 0 Å². The summed E-state index contributed by atoms with van der Waals surface area (Å²) in [5.41, 5.74) is 12.2. The van der Waals surface area contributed by atoms with Crippen molar-refractivity contribution in [2.24, 2.45) is 0 Å². The Morgan fingerprint density at radius 2 is 2.09 bits per heavy atom. The molecule has 0 aliphatic rings. The van der Waals surface area contributed by atoms with Gasteiger partial charge in [-0.1, -0.05) is 0 Å².